The number of ether oxygens (including phenoxy) is 1. The van der Waals surface area contributed by atoms with Gasteiger partial charge < -0.3 is 20.7 Å². The summed E-state index contributed by atoms with van der Waals surface area (Å²) in [5.74, 6) is 0.732. The van der Waals surface area contributed by atoms with Crippen LogP contribution in [0.4, 0.5) is 4.79 Å². The Kier molecular flexibility index (Phi) is 4.20. The van der Waals surface area contributed by atoms with Gasteiger partial charge in [-0.05, 0) is 35.7 Å². The monoisotopic (exact) mass is 352 g/mol. The highest BCUT2D eigenvalue weighted by Gasteiger charge is 2.26. The summed E-state index contributed by atoms with van der Waals surface area (Å²) in [5, 5.41) is 2.95. The molecule has 0 aliphatic carbocycles. The molecule has 134 valence electrons. The molecule has 26 heavy (non-hydrogen) atoms. The Balaban J connectivity index is 1.49. The molecular weight excluding hydrogens is 332 g/mol. The summed E-state index contributed by atoms with van der Waals surface area (Å²) in [6, 6.07) is 7.32. The van der Waals surface area contributed by atoms with Gasteiger partial charge in [-0.15, -0.1) is 0 Å². The summed E-state index contributed by atoms with van der Waals surface area (Å²) in [7, 11) is 0. The van der Waals surface area contributed by atoms with E-state index in [4.69, 9.17) is 10.5 Å². The second-order valence-electron chi connectivity index (χ2n) is 6.63. The zero-order valence-electron chi connectivity index (χ0n) is 14.3. The molecule has 2 aliphatic heterocycles. The van der Waals surface area contributed by atoms with Crippen molar-refractivity contribution in [2.45, 2.75) is 18.9 Å². The van der Waals surface area contributed by atoms with E-state index < -0.39 is 6.03 Å². The van der Waals surface area contributed by atoms with Crippen molar-refractivity contribution in [3.8, 4) is 16.9 Å². The molecule has 2 aliphatic rings. The second kappa shape index (κ2) is 6.67. The van der Waals surface area contributed by atoms with Gasteiger partial charge in [-0.25, -0.2) is 4.79 Å². The van der Waals surface area contributed by atoms with Crippen LogP contribution in [0.2, 0.25) is 0 Å². The number of hydrogen-bond acceptors (Lipinski definition) is 4. The number of nitrogens with one attached hydrogen (secondary N) is 1. The molecule has 1 atom stereocenters. The third-order valence-electron chi connectivity index (χ3n) is 4.86. The number of rotatable bonds is 3. The van der Waals surface area contributed by atoms with Gasteiger partial charge in [-0.3, -0.25) is 9.78 Å². The number of amides is 3. The maximum Gasteiger partial charge on any atom is 0.314 e. The zero-order valence-corrected chi connectivity index (χ0v) is 14.3. The summed E-state index contributed by atoms with van der Waals surface area (Å²) in [5.41, 5.74) is 8.85. The van der Waals surface area contributed by atoms with Gasteiger partial charge in [0.1, 0.15) is 5.75 Å². The molecule has 2 aromatic rings. The molecule has 1 unspecified atom stereocenters. The van der Waals surface area contributed by atoms with Gasteiger partial charge in [0.25, 0.3) is 5.91 Å². The van der Waals surface area contributed by atoms with Gasteiger partial charge in [0.15, 0.2) is 0 Å². The van der Waals surface area contributed by atoms with E-state index in [9.17, 15) is 9.59 Å². The number of hydrogen-bond donors (Lipinski definition) is 2. The minimum Gasteiger partial charge on any atom is -0.493 e. The average Bonchev–Trinajstić information content (AvgIpc) is 3.30. The van der Waals surface area contributed by atoms with E-state index >= 15 is 0 Å². The number of nitrogens with two attached hydrogens (primary N) is 1. The number of likely N-dealkylation sites (tertiary alicyclic amines) is 1. The molecule has 7 nitrogen and oxygen atoms in total. The number of benzene rings is 1. The van der Waals surface area contributed by atoms with Crippen molar-refractivity contribution in [1.29, 1.82) is 0 Å². The number of urea groups is 1. The lowest BCUT2D eigenvalue weighted by atomic mass is 10.0. The lowest BCUT2D eigenvalue weighted by Crippen LogP contribution is -2.40. The molecule has 0 saturated carbocycles. The summed E-state index contributed by atoms with van der Waals surface area (Å²) < 4.78 is 5.53. The van der Waals surface area contributed by atoms with Crippen LogP contribution < -0.4 is 15.8 Å². The van der Waals surface area contributed by atoms with E-state index in [2.05, 4.69) is 16.4 Å². The third-order valence-corrected chi connectivity index (χ3v) is 4.86. The lowest BCUT2D eigenvalue weighted by Gasteiger charge is -2.15. The number of fused-ring (bicyclic) bond motifs is 1. The van der Waals surface area contributed by atoms with Crippen molar-refractivity contribution in [2.24, 2.45) is 5.73 Å². The summed E-state index contributed by atoms with van der Waals surface area (Å²) in [6.07, 6.45) is 4.90. The largest absolute Gasteiger partial charge is 0.493 e. The van der Waals surface area contributed by atoms with Crippen LogP contribution in [0.15, 0.2) is 36.7 Å². The van der Waals surface area contributed by atoms with Crippen LogP contribution in [0, 0.1) is 0 Å². The van der Waals surface area contributed by atoms with Crippen LogP contribution in [0.3, 0.4) is 0 Å². The molecule has 4 rings (SSSR count). The predicted molar refractivity (Wildman–Crippen MR) is 95.9 cm³/mol. The quantitative estimate of drug-likeness (QED) is 0.876. The molecule has 0 bridgehead atoms. The van der Waals surface area contributed by atoms with Gasteiger partial charge in [-0.2, -0.15) is 0 Å². The highest BCUT2D eigenvalue weighted by atomic mass is 16.5. The van der Waals surface area contributed by atoms with Crippen LogP contribution in [-0.2, 0) is 6.42 Å². The highest BCUT2D eigenvalue weighted by Crippen LogP contribution is 2.30. The van der Waals surface area contributed by atoms with Crippen LogP contribution in [0.25, 0.3) is 11.1 Å². The number of carbonyl (C=O) groups excluding carboxylic acids is 2. The fourth-order valence-corrected chi connectivity index (χ4v) is 3.44. The maximum atomic E-state index is 12.5. The Morgan fingerprint density at radius 1 is 1.23 bits per heavy atom. The fourth-order valence-electron chi connectivity index (χ4n) is 3.44. The first-order valence-corrected chi connectivity index (χ1v) is 8.66. The number of pyridine rings is 1. The lowest BCUT2D eigenvalue weighted by molar-refractivity contribution is 0.0937. The van der Waals surface area contributed by atoms with Gasteiger partial charge >= 0.3 is 6.03 Å². The smallest absolute Gasteiger partial charge is 0.314 e. The van der Waals surface area contributed by atoms with Crippen LogP contribution in [-0.4, -0.2) is 47.6 Å². The molecule has 1 fully saturated rings. The molecule has 3 amide bonds. The Labute approximate surface area is 151 Å². The first-order chi connectivity index (χ1) is 12.6. The second-order valence-corrected chi connectivity index (χ2v) is 6.63. The Hall–Kier alpha value is -3.09. The minimum atomic E-state index is -0.453. The van der Waals surface area contributed by atoms with Crippen molar-refractivity contribution >= 4 is 11.9 Å². The van der Waals surface area contributed by atoms with Gasteiger partial charge in [0.05, 0.1) is 12.2 Å². The normalized spacial score (nSPS) is 18.3. The standard InChI is InChI=1S/C19H20N4O3/c20-19(25)23-5-3-16(11-23)22-18(24)15-8-14(9-21-10-15)12-1-2-17-13(7-12)4-6-26-17/h1-2,7-10,16H,3-6,11H2,(H2,20,25)(H,22,24). The van der Waals surface area contributed by atoms with Crippen molar-refractivity contribution in [2.75, 3.05) is 19.7 Å². The first kappa shape index (κ1) is 16.4. The highest BCUT2D eigenvalue weighted by molar-refractivity contribution is 5.95. The predicted octanol–water partition coefficient (Wildman–Crippen LogP) is 1.57. The minimum absolute atomic E-state index is 0.0872. The number of nitrogens with zero attached hydrogens (tertiary/aromatic N) is 2. The van der Waals surface area contributed by atoms with Crippen LogP contribution in [0.1, 0.15) is 22.3 Å². The van der Waals surface area contributed by atoms with Crippen molar-refractivity contribution in [3.63, 3.8) is 0 Å². The number of aromatic nitrogens is 1. The van der Waals surface area contributed by atoms with Crippen molar-refractivity contribution < 1.29 is 14.3 Å². The first-order valence-electron chi connectivity index (χ1n) is 8.66. The molecule has 3 N–H and O–H groups in total. The summed E-state index contributed by atoms with van der Waals surface area (Å²) in [4.78, 5) is 29.5. The fraction of sp³-hybridized carbons (Fsp3) is 0.316. The van der Waals surface area contributed by atoms with E-state index in [-0.39, 0.29) is 11.9 Å². The van der Waals surface area contributed by atoms with E-state index in [0.29, 0.717) is 31.7 Å². The maximum absolute atomic E-state index is 12.5. The Bertz CT molecular complexity index is 868. The topological polar surface area (TPSA) is 97.6 Å². The molecule has 0 radical (unpaired) electrons. The van der Waals surface area contributed by atoms with E-state index in [1.54, 1.807) is 12.4 Å². The molecule has 7 heteroatoms. The molecule has 0 spiro atoms. The number of primary amides is 1. The van der Waals surface area contributed by atoms with E-state index in [1.165, 1.54) is 10.5 Å². The summed E-state index contributed by atoms with van der Waals surface area (Å²) >= 11 is 0. The van der Waals surface area contributed by atoms with Crippen molar-refractivity contribution in [1.82, 2.24) is 15.2 Å². The van der Waals surface area contributed by atoms with Crippen LogP contribution >= 0.6 is 0 Å². The van der Waals surface area contributed by atoms with Gasteiger partial charge in [0.2, 0.25) is 0 Å². The number of carbonyl (C=O) groups is 2. The van der Waals surface area contributed by atoms with Crippen LogP contribution in [0.5, 0.6) is 5.75 Å². The molecule has 1 aromatic heterocycles. The molecule has 1 aromatic carbocycles. The van der Waals surface area contributed by atoms with E-state index in [1.807, 2.05) is 18.2 Å². The Morgan fingerprint density at radius 2 is 2.12 bits per heavy atom. The molecule has 3 heterocycles. The Morgan fingerprint density at radius 3 is 2.92 bits per heavy atom. The molecule has 1 saturated heterocycles. The SMILES string of the molecule is NC(=O)N1CCC(NC(=O)c2cncc(-c3ccc4c(c3)CCO4)c2)C1. The van der Waals surface area contributed by atoms with E-state index in [0.717, 1.165) is 23.3 Å². The molecular formula is C19H20N4O3. The third kappa shape index (κ3) is 3.20. The van der Waals surface area contributed by atoms with Gasteiger partial charge in [-0.1, -0.05) is 6.07 Å². The van der Waals surface area contributed by atoms with Gasteiger partial charge in [0, 0.05) is 43.5 Å². The van der Waals surface area contributed by atoms with Crippen molar-refractivity contribution in [3.05, 3.63) is 47.8 Å². The average molecular weight is 352 g/mol. The zero-order chi connectivity index (χ0) is 18.1. The summed E-state index contributed by atoms with van der Waals surface area (Å²) in [6.45, 7) is 1.72.